The fourth-order valence-electron chi connectivity index (χ4n) is 2.94. The Morgan fingerprint density at radius 3 is 2.74 bits per heavy atom. The van der Waals surface area contributed by atoms with Crippen molar-refractivity contribution in [2.45, 2.75) is 19.3 Å². The van der Waals surface area contributed by atoms with Crippen molar-refractivity contribution in [1.29, 1.82) is 0 Å². The first-order valence-electron chi connectivity index (χ1n) is 7.60. The van der Waals surface area contributed by atoms with Gasteiger partial charge in [-0.25, -0.2) is 4.68 Å². The molecule has 2 heterocycles. The van der Waals surface area contributed by atoms with Crippen LogP contribution in [0.5, 0.6) is 0 Å². The lowest BCUT2D eigenvalue weighted by Crippen LogP contribution is -2.40. The van der Waals surface area contributed by atoms with E-state index >= 15 is 0 Å². The Hall–Kier alpha value is -1.99. The van der Waals surface area contributed by atoms with Crippen LogP contribution in [-0.4, -0.2) is 50.6 Å². The third kappa shape index (κ3) is 4.05. The molecule has 1 aliphatic rings. The quantitative estimate of drug-likeness (QED) is 0.908. The predicted molar refractivity (Wildman–Crippen MR) is 88.7 cm³/mol. The van der Waals surface area contributed by atoms with Gasteiger partial charge in [-0.3, -0.25) is 4.79 Å². The number of carbonyl (C=O) groups is 1. The van der Waals surface area contributed by atoms with Gasteiger partial charge in [-0.15, -0.1) is 17.5 Å². The molecule has 1 aromatic heterocycles. The maximum atomic E-state index is 12.6. The predicted octanol–water partition coefficient (Wildman–Crippen LogP) is 1.29. The van der Waals surface area contributed by atoms with Crippen molar-refractivity contribution < 1.29 is 4.79 Å². The first-order chi connectivity index (χ1) is 10.8. The van der Waals surface area contributed by atoms with E-state index < -0.39 is 0 Å². The van der Waals surface area contributed by atoms with Crippen molar-refractivity contribution in [3.63, 3.8) is 0 Å². The zero-order valence-electron chi connectivity index (χ0n) is 12.8. The first kappa shape index (κ1) is 17.4. The molecule has 1 atom stereocenters. The summed E-state index contributed by atoms with van der Waals surface area (Å²) in [7, 11) is 0. The second kappa shape index (κ2) is 8.03. The number of nitrogens with two attached hydrogens (primary N) is 1. The summed E-state index contributed by atoms with van der Waals surface area (Å²) in [4.78, 5) is 14.5. The van der Waals surface area contributed by atoms with Crippen LogP contribution >= 0.6 is 12.4 Å². The molecule has 1 saturated heterocycles. The van der Waals surface area contributed by atoms with E-state index in [9.17, 15) is 4.79 Å². The van der Waals surface area contributed by atoms with Crippen molar-refractivity contribution in [2.75, 3.05) is 19.6 Å². The summed E-state index contributed by atoms with van der Waals surface area (Å²) < 4.78 is 1.56. The highest BCUT2D eigenvalue weighted by Gasteiger charge is 2.23. The summed E-state index contributed by atoms with van der Waals surface area (Å²) in [6.07, 6.45) is 4.74. The molecule has 7 nitrogen and oxygen atoms in total. The van der Waals surface area contributed by atoms with Gasteiger partial charge in [0.05, 0.1) is 5.69 Å². The van der Waals surface area contributed by atoms with Gasteiger partial charge in [-0.05, 0) is 66.4 Å². The summed E-state index contributed by atoms with van der Waals surface area (Å²) in [6.45, 7) is 2.33. The average Bonchev–Trinajstić information content (AvgIpc) is 3.09. The molecule has 1 aliphatic heterocycles. The van der Waals surface area contributed by atoms with E-state index in [1.54, 1.807) is 4.68 Å². The molecule has 1 fully saturated rings. The highest BCUT2D eigenvalue weighted by Crippen LogP contribution is 2.21. The zero-order valence-corrected chi connectivity index (χ0v) is 13.7. The van der Waals surface area contributed by atoms with E-state index in [0.717, 1.165) is 31.6 Å². The average molecular weight is 337 g/mol. The van der Waals surface area contributed by atoms with Crippen LogP contribution in [0.1, 0.15) is 29.6 Å². The molecular formula is C15H21ClN6O. The third-order valence-corrected chi connectivity index (χ3v) is 4.11. The molecule has 1 amide bonds. The molecule has 0 saturated carbocycles. The second-order valence-corrected chi connectivity index (χ2v) is 5.64. The molecular weight excluding hydrogens is 316 g/mol. The number of aromatic nitrogens is 4. The number of tetrazole rings is 1. The van der Waals surface area contributed by atoms with Crippen LogP contribution in [0, 0.1) is 5.92 Å². The minimum absolute atomic E-state index is 0. The summed E-state index contributed by atoms with van der Waals surface area (Å²) in [6, 6.07) is 7.35. The second-order valence-electron chi connectivity index (χ2n) is 5.64. The van der Waals surface area contributed by atoms with Crippen LogP contribution < -0.4 is 5.73 Å². The Balaban J connectivity index is 0.00000192. The molecule has 1 unspecified atom stereocenters. The number of benzene rings is 1. The van der Waals surface area contributed by atoms with Gasteiger partial charge in [-0.2, -0.15) is 0 Å². The van der Waals surface area contributed by atoms with Crippen LogP contribution in [0.2, 0.25) is 0 Å². The number of amides is 1. The number of halogens is 1. The number of nitrogens with zero attached hydrogens (tertiary/aromatic N) is 5. The lowest BCUT2D eigenvalue weighted by Gasteiger charge is -2.32. The molecule has 0 spiro atoms. The minimum Gasteiger partial charge on any atom is -0.338 e. The van der Waals surface area contributed by atoms with Crippen molar-refractivity contribution in [3.05, 3.63) is 36.2 Å². The minimum atomic E-state index is 0. The van der Waals surface area contributed by atoms with Crippen LogP contribution in [0.25, 0.3) is 5.69 Å². The van der Waals surface area contributed by atoms with Gasteiger partial charge in [0.2, 0.25) is 0 Å². The molecule has 0 radical (unpaired) electrons. The molecule has 23 heavy (non-hydrogen) atoms. The summed E-state index contributed by atoms with van der Waals surface area (Å²) >= 11 is 0. The van der Waals surface area contributed by atoms with Crippen LogP contribution in [0.3, 0.4) is 0 Å². The summed E-state index contributed by atoms with van der Waals surface area (Å²) in [5.41, 5.74) is 7.17. The molecule has 2 N–H and O–H groups in total. The molecule has 0 bridgehead atoms. The monoisotopic (exact) mass is 336 g/mol. The topological polar surface area (TPSA) is 89.9 Å². The van der Waals surface area contributed by atoms with Crippen molar-refractivity contribution in [3.8, 4) is 5.69 Å². The number of hydrogen-bond acceptors (Lipinski definition) is 5. The van der Waals surface area contributed by atoms with Gasteiger partial charge in [0.25, 0.3) is 5.91 Å². The van der Waals surface area contributed by atoms with E-state index in [1.165, 1.54) is 12.7 Å². The van der Waals surface area contributed by atoms with Gasteiger partial charge < -0.3 is 10.6 Å². The van der Waals surface area contributed by atoms with Crippen LogP contribution in [0.4, 0.5) is 0 Å². The number of rotatable bonds is 4. The first-order valence-corrected chi connectivity index (χ1v) is 7.60. The molecule has 3 rings (SSSR count). The Morgan fingerprint density at radius 1 is 1.30 bits per heavy atom. The highest BCUT2D eigenvalue weighted by molar-refractivity contribution is 5.94. The Morgan fingerprint density at radius 2 is 2.09 bits per heavy atom. The van der Waals surface area contributed by atoms with E-state index in [-0.39, 0.29) is 18.3 Å². The normalized spacial score (nSPS) is 17.6. The fourth-order valence-corrected chi connectivity index (χ4v) is 2.94. The van der Waals surface area contributed by atoms with E-state index in [0.29, 0.717) is 18.0 Å². The Kier molecular flexibility index (Phi) is 6.06. The van der Waals surface area contributed by atoms with E-state index in [2.05, 4.69) is 15.5 Å². The number of piperidine rings is 1. The number of likely N-dealkylation sites (tertiary alicyclic amines) is 1. The summed E-state index contributed by atoms with van der Waals surface area (Å²) in [5.74, 6) is 0.619. The van der Waals surface area contributed by atoms with Gasteiger partial charge in [0, 0.05) is 18.7 Å². The Labute approximate surface area is 141 Å². The van der Waals surface area contributed by atoms with Crippen molar-refractivity contribution in [1.82, 2.24) is 25.1 Å². The van der Waals surface area contributed by atoms with Crippen LogP contribution in [0.15, 0.2) is 30.6 Å². The number of hydrogen-bond donors (Lipinski definition) is 1. The molecule has 2 aromatic rings. The molecule has 0 aliphatic carbocycles. The Bertz CT molecular complexity index is 613. The zero-order chi connectivity index (χ0) is 15.4. The molecule has 8 heteroatoms. The van der Waals surface area contributed by atoms with Crippen LogP contribution in [-0.2, 0) is 0 Å². The lowest BCUT2D eigenvalue weighted by atomic mass is 9.94. The maximum absolute atomic E-state index is 12.6. The van der Waals surface area contributed by atoms with Gasteiger partial charge >= 0.3 is 0 Å². The van der Waals surface area contributed by atoms with Gasteiger partial charge in [0.15, 0.2) is 0 Å². The van der Waals surface area contributed by atoms with Gasteiger partial charge in [0.1, 0.15) is 6.33 Å². The van der Waals surface area contributed by atoms with E-state index in [4.69, 9.17) is 5.73 Å². The van der Waals surface area contributed by atoms with Crippen molar-refractivity contribution in [2.24, 2.45) is 11.7 Å². The smallest absolute Gasteiger partial charge is 0.253 e. The third-order valence-electron chi connectivity index (χ3n) is 4.11. The largest absolute Gasteiger partial charge is 0.338 e. The lowest BCUT2D eigenvalue weighted by molar-refractivity contribution is 0.0669. The maximum Gasteiger partial charge on any atom is 0.253 e. The molecule has 1 aromatic carbocycles. The van der Waals surface area contributed by atoms with Crippen molar-refractivity contribution >= 4 is 18.3 Å². The van der Waals surface area contributed by atoms with Gasteiger partial charge in [-0.1, -0.05) is 0 Å². The fraction of sp³-hybridized carbons (Fsp3) is 0.467. The highest BCUT2D eigenvalue weighted by atomic mass is 35.5. The summed E-state index contributed by atoms with van der Waals surface area (Å²) in [5, 5.41) is 11.0. The standard InChI is InChI=1S/C15H20N6O.ClH/c16-8-7-12-2-1-9-20(10-12)15(22)13-3-5-14(6-4-13)21-11-17-18-19-21;/h3-6,11-12H,1-2,7-10,16H2;1H. The number of carbonyl (C=O) groups excluding carboxylic acids is 1. The van der Waals surface area contributed by atoms with E-state index in [1.807, 2.05) is 29.2 Å². The SMILES string of the molecule is Cl.NCCC1CCCN(C(=O)c2ccc(-n3cnnn3)cc2)C1. The molecule has 124 valence electrons.